The first-order chi connectivity index (χ1) is 14.4. The molecule has 0 bridgehead atoms. The van der Waals surface area contributed by atoms with Gasteiger partial charge < -0.3 is 14.8 Å². The Bertz CT molecular complexity index is 1100. The maximum atomic E-state index is 12.6. The Kier molecular flexibility index (Phi) is 5.88. The lowest BCUT2D eigenvalue weighted by atomic mass is 10.1. The number of fused-ring (bicyclic) bond motifs is 1. The van der Waals surface area contributed by atoms with Crippen LogP contribution >= 0.6 is 23.2 Å². The summed E-state index contributed by atoms with van der Waals surface area (Å²) < 4.78 is 13.3. The number of nitrogens with zero attached hydrogens (tertiary/aromatic N) is 2. The van der Waals surface area contributed by atoms with Crippen molar-refractivity contribution in [3.63, 3.8) is 0 Å². The highest BCUT2D eigenvalue weighted by atomic mass is 35.5. The van der Waals surface area contributed by atoms with Crippen molar-refractivity contribution in [1.82, 2.24) is 15.1 Å². The number of carbonyl (C=O) groups excluding carboxylic acids is 1. The summed E-state index contributed by atoms with van der Waals surface area (Å²) in [6.07, 6.45) is -0.00615. The molecule has 1 amide bonds. The lowest BCUT2D eigenvalue weighted by molar-refractivity contribution is -0.121. The van der Waals surface area contributed by atoms with E-state index in [1.165, 1.54) is 0 Å². The first-order valence-electron chi connectivity index (χ1n) is 9.58. The minimum atomic E-state index is -0.232. The molecule has 156 valence electrons. The van der Waals surface area contributed by atoms with E-state index in [1.54, 1.807) is 16.8 Å². The minimum absolute atomic E-state index is 0.0997. The summed E-state index contributed by atoms with van der Waals surface area (Å²) in [5.74, 6) is 1.32. The fourth-order valence-electron chi connectivity index (χ4n) is 3.41. The van der Waals surface area contributed by atoms with Gasteiger partial charge in [-0.15, -0.1) is 0 Å². The molecule has 0 saturated heterocycles. The van der Waals surface area contributed by atoms with Crippen molar-refractivity contribution >= 4 is 29.1 Å². The van der Waals surface area contributed by atoms with Gasteiger partial charge in [-0.1, -0.05) is 35.3 Å². The number of hydrogen-bond acceptors (Lipinski definition) is 4. The van der Waals surface area contributed by atoms with E-state index < -0.39 is 0 Å². The molecule has 8 heteroatoms. The second kappa shape index (κ2) is 8.58. The third-order valence-corrected chi connectivity index (χ3v) is 5.76. The third kappa shape index (κ3) is 4.25. The Labute approximate surface area is 184 Å². The van der Waals surface area contributed by atoms with Gasteiger partial charge in [0.2, 0.25) is 5.91 Å². The molecule has 0 radical (unpaired) electrons. The fraction of sp³-hybridized carbons (Fsp3) is 0.273. The van der Waals surface area contributed by atoms with Crippen LogP contribution in [0, 0.1) is 13.8 Å². The van der Waals surface area contributed by atoms with E-state index in [9.17, 15) is 4.79 Å². The SMILES string of the molecule is Cc1nn(-c2ccc(Cl)c(Cl)c2)c(C)c1CC(=O)NCC1COc2ccccc2O1. The van der Waals surface area contributed by atoms with Crippen LogP contribution in [0.25, 0.3) is 5.69 Å². The quantitative estimate of drug-likeness (QED) is 0.635. The number of hydrogen-bond donors (Lipinski definition) is 1. The van der Waals surface area contributed by atoms with Gasteiger partial charge in [0.05, 0.1) is 34.4 Å². The van der Waals surface area contributed by atoms with E-state index in [0.29, 0.717) is 28.9 Å². The monoisotopic (exact) mass is 445 g/mol. The number of carbonyl (C=O) groups is 1. The maximum absolute atomic E-state index is 12.6. The van der Waals surface area contributed by atoms with Crippen LogP contribution in [0.5, 0.6) is 11.5 Å². The second-order valence-electron chi connectivity index (χ2n) is 7.14. The standard InChI is InChI=1S/C22H21Cl2N3O3/c1-13-17(14(2)27(26-13)15-7-8-18(23)19(24)9-15)10-22(28)25-11-16-12-29-20-5-3-4-6-21(20)30-16/h3-9,16H,10-12H2,1-2H3,(H,25,28). The van der Waals surface area contributed by atoms with Crippen LogP contribution in [0.4, 0.5) is 0 Å². The van der Waals surface area contributed by atoms with Crippen molar-refractivity contribution in [3.8, 4) is 17.2 Å². The molecule has 1 aromatic heterocycles. The molecule has 1 N–H and O–H groups in total. The molecular formula is C22H21Cl2N3O3. The Morgan fingerprint density at radius 2 is 1.93 bits per heavy atom. The summed E-state index contributed by atoms with van der Waals surface area (Å²) in [7, 11) is 0. The summed E-state index contributed by atoms with van der Waals surface area (Å²) in [6.45, 7) is 4.58. The van der Waals surface area contributed by atoms with Crippen LogP contribution in [-0.4, -0.2) is 34.9 Å². The van der Waals surface area contributed by atoms with Gasteiger partial charge in [-0.2, -0.15) is 5.10 Å². The molecule has 3 aromatic rings. The highest BCUT2D eigenvalue weighted by Gasteiger charge is 2.22. The van der Waals surface area contributed by atoms with Gasteiger partial charge in [0.1, 0.15) is 12.7 Å². The molecule has 0 saturated carbocycles. The van der Waals surface area contributed by atoms with E-state index in [-0.39, 0.29) is 18.4 Å². The van der Waals surface area contributed by atoms with Crippen molar-refractivity contribution in [2.24, 2.45) is 0 Å². The molecule has 2 aromatic carbocycles. The molecule has 1 aliphatic heterocycles. The number of aromatic nitrogens is 2. The maximum Gasteiger partial charge on any atom is 0.224 e. The predicted octanol–water partition coefficient (Wildman–Crippen LogP) is 4.29. The van der Waals surface area contributed by atoms with Crippen molar-refractivity contribution in [3.05, 3.63) is 69.5 Å². The van der Waals surface area contributed by atoms with Crippen LogP contribution in [-0.2, 0) is 11.2 Å². The largest absolute Gasteiger partial charge is 0.486 e. The van der Waals surface area contributed by atoms with Crippen molar-refractivity contribution in [2.45, 2.75) is 26.4 Å². The Hall–Kier alpha value is -2.70. The zero-order valence-electron chi connectivity index (χ0n) is 16.6. The number of rotatable bonds is 5. The molecule has 4 rings (SSSR count). The average Bonchev–Trinajstić information content (AvgIpc) is 3.02. The summed E-state index contributed by atoms with van der Waals surface area (Å²) in [5, 5.41) is 8.44. The van der Waals surface area contributed by atoms with Crippen LogP contribution in [0.3, 0.4) is 0 Å². The zero-order valence-corrected chi connectivity index (χ0v) is 18.1. The van der Waals surface area contributed by atoms with E-state index in [0.717, 1.165) is 28.4 Å². The van der Waals surface area contributed by atoms with Crippen LogP contribution < -0.4 is 14.8 Å². The highest BCUT2D eigenvalue weighted by molar-refractivity contribution is 6.42. The average molecular weight is 446 g/mol. The van der Waals surface area contributed by atoms with E-state index >= 15 is 0 Å². The lowest BCUT2D eigenvalue weighted by Crippen LogP contribution is -2.41. The summed E-state index contributed by atoms with van der Waals surface area (Å²) >= 11 is 12.1. The predicted molar refractivity (Wildman–Crippen MR) is 116 cm³/mol. The number of amides is 1. The Morgan fingerprint density at radius 1 is 1.17 bits per heavy atom. The van der Waals surface area contributed by atoms with E-state index in [2.05, 4.69) is 10.4 Å². The molecule has 2 heterocycles. The van der Waals surface area contributed by atoms with E-state index in [1.807, 2.05) is 44.2 Å². The van der Waals surface area contributed by atoms with Gasteiger partial charge in [0.15, 0.2) is 11.5 Å². The lowest BCUT2D eigenvalue weighted by Gasteiger charge is -2.26. The Balaban J connectivity index is 1.40. The number of nitrogens with one attached hydrogen (secondary N) is 1. The molecule has 30 heavy (non-hydrogen) atoms. The normalized spacial score (nSPS) is 15.1. The Morgan fingerprint density at radius 3 is 2.70 bits per heavy atom. The van der Waals surface area contributed by atoms with Gasteiger partial charge in [-0.25, -0.2) is 4.68 Å². The number of aryl methyl sites for hydroxylation is 1. The molecule has 0 aliphatic carbocycles. The van der Waals surface area contributed by atoms with Crippen molar-refractivity contribution < 1.29 is 14.3 Å². The molecule has 1 atom stereocenters. The number of halogens is 2. The molecule has 0 fully saturated rings. The van der Waals surface area contributed by atoms with Gasteiger partial charge in [0.25, 0.3) is 0 Å². The zero-order chi connectivity index (χ0) is 21.3. The number of para-hydroxylation sites is 2. The number of ether oxygens (including phenoxy) is 2. The van der Waals surface area contributed by atoms with Gasteiger partial charge >= 0.3 is 0 Å². The van der Waals surface area contributed by atoms with Crippen LogP contribution in [0.1, 0.15) is 17.0 Å². The highest BCUT2D eigenvalue weighted by Crippen LogP contribution is 2.30. The van der Waals surface area contributed by atoms with E-state index in [4.69, 9.17) is 32.7 Å². The van der Waals surface area contributed by atoms with Gasteiger partial charge in [0, 0.05) is 11.3 Å². The van der Waals surface area contributed by atoms with Crippen molar-refractivity contribution in [1.29, 1.82) is 0 Å². The van der Waals surface area contributed by atoms with Crippen molar-refractivity contribution in [2.75, 3.05) is 13.2 Å². The molecule has 6 nitrogen and oxygen atoms in total. The smallest absolute Gasteiger partial charge is 0.224 e. The summed E-state index contributed by atoms with van der Waals surface area (Å²) in [5.41, 5.74) is 3.35. The van der Waals surface area contributed by atoms with Crippen LogP contribution in [0.15, 0.2) is 42.5 Å². The molecule has 1 aliphatic rings. The molecule has 0 spiro atoms. The van der Waals surface area contributed by atoms with Gasteiger partial charge in [-0.3, -0.25) is 4.79 Å². The summed E-state index contributed by atoms with van der Waals surface area (Å²) in [6, 6.07) is 12.8. The first-order valence-corrected chi connectivity index (χ1v) is 10.3. The molecular weight excluding hydrogens is 425 g/mol. The topological polar surface area (TPSA) is 65.4 Å². The second-order valence-corrected chi connectivity index (χ2v) is 7.95. The minimum Gasteiger partial charge on any atom is -0.486 e. The summed E-state index contributed by atoms with van der Waals surface area (Å²) in [4.78, 5) is 12.6. The van der Waals surface area contributed by atoms with Crippen LogP contribution in [0.2, 0.25) is 10.0 Å². The third-order valence-electron chi connectivity index (χ3n) is 5.02. The number of benzene rings is 2. The van der Waals surface area contributed by atoms with Gasteiger partial charge in [-0.05, 0) is 44.2 Å². The fourth-order valence-corrected chi connectivity index (χ4v) is 3.71. The first kappa shape index (κ1) is 20.6. The molecule has 1 unspecified atom stereocenters.